The number of thioether (sulfide) groups is 1. The Labute approximate surface area is 95.9 Å². The lowest BCUT2D eigenvalue weighted by atomic mass is 10.5. The van der Waals surface area contributed by atoms with Crippen LogP contribution in [0, 0.1) is 0 Å². The second-order valence-electron chi connectivity index (χ2n) is 2.74. The largest absolute Gasteiger partial charge is 0.449 e. The highest BCUT2D eigenvalue weighted by Gasteiger charge is 2.05. The minimum atomic E-state index is 0.387. The number of anilines is 1. The molecule has 15 heavy (non-hydrogen) atoms. The molecule has 0 aromatic carbocycles. The van der Waals surface area contributed by atoms with Gasteiger partial charge in [-0.25, -0.2) is 9.97 Å². The van der Waals surface area contributed by atoms with Crippen molar-refractivity contribution in [2.45, 2.75) is 10.8 Å². The molecule has 0 saturated heterocycles. The SMILES string of the molecule is Nc1nccnc1SCc1ccc(Cl)o1. The molecule has 0 amide bonds. The number of rotatable bonds is 3. The molecular formula is C9H8ClN3OS. The predicted molar refractivity (Wildman–Crippen MR) is 59.7 cm³/mol. The number of aromatic nitrogens is 2. The summed E-state index contributed by atoms with van der Waals surface area (Å²) in [5, 5.41) is 1.09. The van der Waals surface area contributed by atoms with Gasteiger partial charge in [0.15, 0.2) is 11.0 Å². The quantitative estimate of drug-likeness (QED) is 0.837. The van der Waals surface area contributed by atoms with Crippen LogP contribution in [0.2, 0.25) is 5.22 Å². The van der Waals surface area contributed by atoms with Crippen LogP contribution in [-0.4, -0.2) is 9.97 Å². The van der Waals surface area contributed by atoms with Crippen LogP contribution in [0.1, 0.15) is 5.76 Å². The zero-order valence-corrected chi connectivity index (χ0v) is 9.26. The minimum absolute atomic E-state index is 0.387. The molecule has 2 rings (SSSR count). The van der Waals surface area contributed by atoms with Crippen LogP contribution in [0.25, 0.3) is 0 Å². The van der Waals surface area contributed by atoms with E-state index in [9.17, 15) is 0 Å². The molecule has 0 unspecified atom stereocenters. The zero-order valence-electron chi connectivity index (χ0n) is 7.68. The van der Waals surface area contributed by atoms with Crippen molar-refractivity contribution in [3.05, 3.63) is 35.5 Å². The lowest BCUT2D eigenvalue weighted by molar-refractivity contribution is 0.532. The van der Waals surface area contributed by atoms with Crippen molar-refractivity contribution in [2.24, 2.45) is 0 Å². The summed E-state index contributed by atoms with van der Waals surface area (Å²) in [5.41, 5.74) is 5.64. The van der Waals surface area contributed by atoms with Crippen LogP contribution < -0.4 is 5.73 Å². The molecule has 0 radical (unpaired) electrons. The highest BCUT2D eigenvalue weighted by atomic mass is 35.5. The van der Waals surface area contributed by atoms with Gasteiger partial charge in [-0.05, 0) is 23.7 Å². The Morgan fingerprint density at radius 2 is 2.13 bits per heavy atom. The summed E-state index contributed by atoms with van der Waals surface area (Å²) in [5.74, 6) is 1.85. The highest BCUT2D eigenvalue weighted by Crippen LogP contribution is 2.25. The molecule has 0 bridgehead atoms. The van der Waals surface area contributed by atoms with Crippen LogP contribution in [0.4, 0.5) is 5.82 Å². The topological polar surface area (TPSA) is 64.9 Å². The Morgan fingerprint density at radius 1 is 1.33 bits per heavy atom. The normalized spacial score (nSPS) is 10.5. The van der Waals surface area contributed by atoms with E-state index < -0.39 is 0 Å². The average molecular weight is 242 g/mol. The Hall–Kier alpha value is -1.20. The van der Waals surface area contributed by atoms with Gasteiger partial charge in [-0.1, -0.05) is 11.8 Å². The van der Waals surface area contributed by atoms with Gasteiger partial charge in [-0.3, -0.25) is 0 Å². The van der Waals surface area contributed by atoms with Crippen LogP contribution in [0.15, 0.2) is 34.0 Å². The van der Waals surface area contributed by atoms with Crippen LogP contribution in [0.5, 0.6) is 0 Å². The van der Waals surface area contributed by atoms with E-state index in [0.29, 0.717) is 21.8 Å². The molecule has 2 aromatic heterocycles. The first-order chi connectivity index (χ1) is 7.25. The van der Waals surface area contributed by atoms with Gasteiger partial charge in [0.25, 0.3) is 0 Å². The van der Waals surface area contributed by atoms with Gasteiger partial charge in [-0.2, -0.15) is 0 Å². The number of nitrogens with two attached hydrogens (primary N) is 1. The molecule has 0 fully saturated rings. The van der Waals surface area contributed by atoms with Crippen molar-refractivity contribution >= 4 is 29.2 Å². The number of furan rings is 1. The number of nitrogen functional groups attached to an aromatic ring is 1. The van der Waals surface area contributed by atoms with E-state index in [-0.39, 0.29) is 0 Å². The Bertz CT molecular complexity index is 460. The van der Waals surface area contributed by atoms with Gasteiger partial charge in [-0.15, -0.1) is 0 Å². The monoisotopic (exact) mass is 241 g/mol. The number of hydrogen-bond acceptors (Lipinski definition) is 5. The fourth-order valence-electron chi connectivity index (χ4n) is 1.02. The number of hydrogen-bond donors (Lipinski definition) is 1. The summed E-state index contributed by atoms with van der Waals surface area (Å²) in [6, 6.07) is 3.53. The molecule has 0 saturated carbocycles. The Balaban J connectivity index is 2.02. The molecule has 0 spiro atoms. The second kappa shape index (κ2) is 4.55. The lowest BCUT2D eigenvalue weighted by Crippen LogP contribution is -1.94. The fourth-order valence-corrected chi connectivity index (χ4v) is 1.95. The van der Waals surface area contributed by atoms with E-state index in [1.165, 1.54) is 11.8 Å². The highest BCUT2D eigenvalue weighted by molar-refractivity contribution is 7.98. The van der Waals surface area contributed by atoms with Gasteiger partial charge in [0.05, 0.1) is 5.75 Å². The molecule has 2 N–H and O–H groups in total. The van der Waals surface area contributed by atoms with Gasteiger partial charge in [0, 0.05) is 12.4 Å². The zero-order chi connectivity index (χ0) is 10.7. The molecule has 6 heteroatoms. The predicted octanol–water partition coefficient (Wildman–Crippen LogP) is 2.60. The molecule has 2 aromatic rings. The summed E-state index contributed by atoms with van der Waals surface area (Å²) in [4.78, 5) is 8.04. The molecule has 0 aliphatic rings. The van der Waals surface area contributed by atoms with E-state index in [4.69, 9.17) is 21.8 Å². The molecular weight excluding hydrogens is 234 g/mol. The van der Waals surface area contributed by atoms with Crippen molar-refractivity contribution < 1.29 is 4.42 Å². The van der Waals surface area contributed by atoms with Crippen molar-refractivity contribution in [3.63, 3.8) is 0 Å². The third-order valence-corrected chi connectivity index (χ3v) is 2.89. The number of halogens is 1. The van der Waals surface area contributed by atoms with Crippen LogP contribution in [-0.2, 0) is 5.75 Å². The van der Waals surface area contributed by atoms with Crippen molar-refractivity contribution in [3.8, 4) is 0 Å². The standard InChI is InChI=1S/C9H8ClN3OS/c10-7-2-1-6(14-7)5-15-9-8(11)12-3-4-13-9/h1-4H,5H2,(H2,11,12). The Morgan fingerprint density at radius 3 is 2.80 bits per heavy atom. The average Bonchev–Trinajstić information content (AvgIpc) is 2.63. The van der Waals surface area contributed by atoms with Crippen molar-refractivity contribution in [2.75, 3.05) is 5.73 Å². The van der Waals surface area contributed by atoms with E-state index in [1.807, 2.05) is 6.07 Å². The van der Waals surface area contributed by atoms with E-state index >= 15 is 0 Å². The molecule has 78 valence electrons. The molecule has 0 atom stereocenters. The minimum Gasteiger partial charge on any atom is -0.449 e. The van der Waals surface area contributed by atoms with E-state index in [2.05, 4.69) is 9.97 Å². The summed E-state index contributed by atoms with van der Waals surface area (Å²) >= 11 is 7.11. The van der Waals surface area contributed by atoms with E-state index in [1.54, 1.807) is 18.5 Å². The molecule has 0 aliphatic carbocycles. The maximum absolute atomic E-state index is 5.64. The van der Waals surface area contributed by atoms with Gasteiger partial charge >= 0.3 is 0 Å². The number of nitrogens with zero attached hydrogens (tertiary/aromatic N) is 2. The summed E-state index contributed by atoms with van der Waals surface area (Å²) in [6.45, 7) is 0. The maximum Gasteiger partial charge on any atom is 0.193 e. The van der Waals surface area contributed by atoms with Crippen LogP contribution >= 0.6 is 23.4 Å². The second-order valence-corrected chi connectivity index (χ2v) is 4.08. The third kappa shape index (κ3) is 2.64. The van der Waals surface area contributed by atoms with Crippen LogP contribution in [0.3, 0.4) is 0 Å². The summed E-state index contributed by atoms with van der Waals surface area (Å²) in [7, 11) is 0. The lowest BCUT2D eigenvalue weighted by Gasteiger charge is -2.00. The van der Waals surface area contributed by atoms with Crippen molar-refractivity contribution in [1.82, 2.24) is 9.97 Å². The first-order valence-electron chi connectivity index (χ1n) is 4.19. The third-order valence-electron chi connectivity index (χ3n) is 1.67. The maximum atomic E-state index is 5.64. The van der Waals surface area contributed by atoms with Crippen molar-refractivity contribution in [1.29, 1.82) is 0 Å². The first-order valence-corrected chi connectivity index (χ1v) is 5.55. The summed E-state index contributed by atoms with van der Waals surface area (Å²) < 4.78 is 5.20. The van der Waals surface area contributed by atoms with Gasteiger partial charge in [0.1, 0.15) is 10.8 Å². The van der Waals surface area contributed by atoms with E-state index in [0.717, 1.165) is 5.76 Å². The molecule has 4 nitrogen and oxygen atoms in total. The van der Waals surface area contributed by atoms with Gasteiger partial charge in [0.2, 0.25) is 0 Å². The van der Waals surface area contributed by atoms with Gasteiger partial charge < -0.3 is 10.2 Å². The molecule has 2 heterocycles. The fraction of sp³-hybridized carbons (Fsp3) is 0.111. The smallest absolute Gasteiger partial charge is 0.193 e. The Kier molecular flexibility index (Phi) is 3.13. The summed E-state index contributed by atoms with van der Waals surface area (Å²) in [6.07, 6.45) is 3.16. The molecule has 0 aliphatic heterocycles. The first kappa shape index (κ1) is 10.3.